The van der Waals surface area contributed by atoms with Crippen LogP contribution in [-0.4, -0.2) is 37.3 Å². The Kier molecular flexibility index (Phi) is 7.23. The fraction of sp³-hybridized carbons (Fsp3) is 0.231. The van der Waals surface area contributed by atoms with Crippen LogP contribution >= 0.6 is 0 Å². The van der Waals surface area contributed by atoms with Crippen LogP contribution in [0.15, 0.2) is 75.1 Å². The molecule has 7 heteroatoms. The van der Waals surface area contributed by atoms with Crippen molar-refractivity contribution in [3.63, 3.8) is 0 Å². The molecule has 2 aromatic carbocycles. The summed E-state index contributed by atoms with van der Waals surface area (Å²) in [4.78, 5) is 35.4. The number of hydrogen-bond acceptors (Lipinski definition) is 5. The van der Waals surface area contributed by atoms with E-state index in [0.29, 0.717) is 11.5 Å². The van der Waals surface area contributed by atoms with Gasteiger partial charge in [-0.25, -0.2) is 9.98 Å². The zero-order valence-corrected chi connectivity index (χ0v) is 19.8. The van der Waals surface area contributed by atoms with E-state index in [4.69, 9.17) is 4.42 Å². The van der Waals surface area contributed by atoms with Crippen LogP contribution in [0.5, 0.6) is 0 Å². The van der Waals surface area contributed by atoms with Crippen molar-refractivity contribution in [3.8, 4) is 0 Å². The lowest BCUT2D eigenvalue weighted by Crippen LogP contribution is -2.22. The van der Waals surface area contributed by atoms with Gasteiger partial charge in [0.2, 0.25) is 11.8 Å². The van der Waals surface area contributed by atoms with Gasteiger partial charge >= 0.3 is 0 Å². The highest BCUT2D eigenvalue weighted by Crippen LogP contribution is 2.23. The third kappa shape index (κ3) is 5.83. The third-order valence-corrected chi connectivity index (χ3v) is 5.33. The maximum Gasteiger partial charge on any atom is 0.223 e. The summed E-state index contributed by atoms with van der Waals surface area (Å²) in [7, 11) is 3.47. The van der Waals surface area contributed by atoms with E-state index < -0.39 is 0 Å². The van der Waals surface area contributed by atoms with E-state index in [9.17, 15) is 9.59 Å². The minimum atomic E-state index is -0.0260. The van der Waals surface area contributed by atoms with Crippen LogP contribution in [0, 0.1) is 0 Å². The molecule has 0 aliphatic carbocycles. The number of carbonyl (C=O) groups excluding carboxylic acids is 2. The van der Waals surface area contributed by atoms with E-state index in [1.807, 2.05) is 74.5 Å². The van der Waals surface area contributed by atoms with E-state index in [1.165, 1.54) is 13.8 Å². The van der Waals surface area contributed by atoms with Crippen LogP contribution in [0.25, 0.3) is 0 Å². The third-order valence-electron chi connectivity index (χ3n) is 5.33. The van der Waals surface area contributed by atoms with Gasteiger partial charge in [-0.3, -0.25) is 9.59 Å². The molecular formula is C26H28N4O3. The summed E-state index contributed by atoms with van der Waals surface area (Å²) in [6.07, 6.45) is 0. The zero-order chi connectivity index (χ0) is 24.1. The summed E-state index contributed by atoms with van der Waals surface area (Å²) in [6.45, 7) is 6.82. The summed E-state index contributed by atoms with van der Waals surface area (Å²) in [5.74, 6) is 1.26. The van der Waals surface area contributed by atoms with Crippen LogP contribution in [0.3, 0.4) is 0 Å². The molecule has 0 atom stereocenters. The highest BCUT2D eigenvalue weighted by atomic mass is 16.3. The largest absolute Gasteiger partial charge is 0.454 e. The number of amides is 2. The fourth-order valence-electron chi connectivity index (χ4n) is 3.09. The molecule has 1 heterocycles. The molecule has 33 heavy (non-hydrogen) atoms. The lowest BCUT2D eigenvalue weighted by Gasteiger charge is -2.14. The molecule has 0 saturated carbocycles. The van der Waals surface area contributed by atoms with Crippen LogP contribution in [0.2, 0.25) is 0 Å². The number of benzene rings is 2. The summed E-state index contributed by atoms with van der Waals surface area (Å²) < 4.78 is 5.97. The van der Waals surface area contributed by atoms with Crippen LogP contribution < -0.4 is 9.80 Å². The molecule has 7 nitrogen and oxygen atoms in total. The predicted octanol–water partition coefficient (Wildman–Crippen LogP) is 5.53. The molecule has 0 unspecified atom stereocenters. The second-order valence-electron chi connectivity index (χ2n) is 7.75. The first-order valence-electron chi connectivity index (χ1n) is 10.6. The van der Waals surface area contributed by atoms with Crippen molar-refractivity contribution in [2.75, 3.05) is 23.9 Å². The fourth-order valence-corrected chi connectivity index (χ4v) is 3.09. The van der Waals surface area contributed by atoms with Crippen molar-refractivity contribution < 1.29 is 14.0 Å². The van der Waals surface area contributed by atoms with Gasteiger partial charge in [-0.1, -0.05) is 0 Å². The number of carbonyl (C=O) groups is 2. The van der Waals surface area contributed by atoms with Gasteiger partial charge in [0.15, 0.2) is 0 Å². The van der Waals surface area contributed by atoms with Crippen molar-refractivity contribution in [3.05, 3.63) is 72.2 Å². The van der Waals surface area contributed by atoms with Gasteiger partial charge < -0.3 is 14.2 Å². The highest BCUT2D eigenvalue weighted by molar-refractivity contribution is 6.02. The number of furan rings is 1. The Labute approximate surface area is 194 Å². The smallest absolute Gasteiger partial charge is 0.223 e. The van der Waals surface area contributed by atoms with Crippen molar-refractivity contribution in [2.45, 2.75) is 27.7 Å². The minimum absolute atomic E-state index is 0.0260. The van der Waals surface area contributed by atoms with Gasteiger partial charge in [-0.15, -0.1) is 0 Å². The second kappa shape index (κ2) is 10.1. The molecular weight excluding hydrogens is 416 g/mol. The summed E-state index contributed by atoms with van der Waals surface area (Å²) in [5, 5.41) is 0. The first kappa shape index (κ1) is 23.7. The van der Waals surface area contributed by atoms with Gasteiger partial charge in [-0.2, -0.15) is 0 Å². The van der Waals surface area contributed by atoms with Gasteiger partial charge in [0.05, 0.1) is 22.8 Å². The molecule has 170 valence electrons. The summed E-state index contributed by atoms with van der Waals surface area (Å²) >= 11 is 0. The van der Waals surface area contributed by atoms with Crippen LogP contribution in [0.4, 0.5) is 22.7 Å². The summed E-state index contributed by atoms with van der Waals surface area (Å²) in [6, 6.07) is 18.6. The SMILES string of the molecule is CC(=O)N(C)c1ccc(N=C(C)c2ccc(C(C)=Nc3ccc(N(C)C(C)=O)cc3)o2)cc1. The molecule has 2 amide bonds. The Morgan fingerprint density at radius 1 is 0.606 bits per heavy atom. The van der Waals surface area contributed by atoms with Crippen molar-refractivity contribution >= 4 is 46.0 Å². The van der Waals surface area contributed by atoms with E-state index in [2.05, 4.69) is 9.98 Å². The van der Waals surface area contributed by atoms with Gasteiger partial charge in [0.25, 0.3) is 0 Å². The maximum atomic E-state index is 11.5. The first-order chi connectivity index (χ1) is 15.7. The first-order valence-corrected chi connectivity index (χ1v) is 10.6. The molecule has 0 bridgehead atoms. The molecule has 0 fully saturated rings. The molecule has 3 rings (SSSR count). The monoisotopic (exact) mass is 444 g/mol. The van der Waals surface area contributed by atoms with E-state index in [0.717, 1.165) is 34.2 Å². The van der Waals surface area contributed by atoms with Crippen molar-refractivity contribution in [2.24, 2.45) is 9.98 Å². The quantitative estimate of drug-likeness (QED) is 0.469. The molecule has 0 spiro atoms. The predicted molar refractivity (Wildman–Crippen MR) is 134 cm³/mol. The Hall–Kier alpha value is -4.00. The lowest BCUT2D eigenvalue weighted by molar-refractivity contribution is -0.117. The number of hydrogen-bond donors (Lipinski definition) is 0. The number of anilines is 2. The Balaban J connectivity index is 1.74. The minimum Gasteiger partial charge on any atom is -0.454 e. The van der Waals surface area contributed by atoms with Crippen LogP contribution in [-0.2, 0) is 9.59 Å². The molecule has 0 radical (unpaired) electrons. The molecule has 0 aliphatic rings. The Bertz CT molecular complexity index is 1110. The van der Waals surface area contributed by atoms with Crippen molar-refractivity contribution in [1.29, 1.82) is 0 Å². The normalized spacial score (nSPS) is 11.9. The zero-order valence-electron chi connectivity index (χ0n) is 19.8. The standard InChI is InChI=1S/C26H28N4O3/c1-17(27-21-7-11-23(12-8-21)29(5)19(3)31)25-15-16-26(33-25)18(2)28-22-9-13-24(14-10-22)30(6)20(4)32/h7-16H,1-6H3. The average molecular weight is 445 g/mol. The second-order valence-corrected chi connectivity index (χ2v) is 7.75. The van der Waals surface area contributed by atoms with E-state index >= 15 is 0 Å². The lowest BCUT2D eigenvalue weighted by atomic mass is 10.2. The van der Waals surface area contributed by atoms with E-state index in [1.54, 1.807) is 23.9 Å². The van der Waals surface area contributed by atoms with Gasteiger partial charge in [0, 0.05) is 39.3 Å². The highest BCUT2D eigenvalue weighted by Gasteiger charge is 2.10. The van der Waals surface area contributed by atoms with Crippen LogP contribution in [0.1, 0.15) is 39.2 Å². The van der Waals surface area contributed by atoms with E-state index in [-0.39, 0.29) is 11.8 Å². The number of nitrogens with zero attached hydrogens (tertiary/aromatic N) is 4. The molecule has 1 aromatic heterocycles. The Morgan fingerprint density at radius 2 is 0.939 bits per heavy atom. The Morgan fingerprint density at radius 3 is 1.24 bits per heavy atom. The number of rotatable bonds is 6. The van der Waals surface area contributed by atoms with Gasteiger partial charge in [0.1, 0.15) is 11.5 Å². The molecule has 0 aliphatic heterocycles. The van der Waals surface area contributed by atoms with Crippen molar-refractivity contribution in [1.82, 2.24) is 0 Å². The van der Waals surface area contributed by atoms with Gasteiger partial charge in [-0.05, 0) is 74.5 Å². The maximum absolute atomic E-state index is 11.5. The number of aliphatic imine (C=N–C) groups is 2. The molecule has 0 saturated heterocycles. The molecule has 0 N–H and O–H groups in total. The molecule has 3 aromatic rings. The average Bonchev–Trinajstić information content (AvgIpc) is 3.30. The topological polar surface area (TPSA) is 78.5 Å². The summed E-state index contributed by atoms with van der Waals surface area (Å²) in [5.41, 5.74) is 4.63.